The Kier molecular flexibility index (Phi) is 18.6. The molecule has 0 radical (unpaired) electrons. The number of rotatable bonds is 12. The summed E-state index contributed by atoms with van der Waals surface area (Å²) in [5.41, 5.74) is 9.19. The number of carbonyl (C=O) groups is 2. The van der Waals surface area contributed by atoms with Gasteiger partial charge in [-0.1, -0.05) is 131 Å². The highest BCUT2D eigenvalue weighted by molar-refractivity contribution is 6.34. The number of carboxylic acid groups (broad SMARTS) is 2. The Labute approximate surface area is 422 Å². The summed E-state index contributed by atoms with van der Waals surface area (Å²) in [5, 5.41) is 38.5. The highest BCUT2D eigenvalue weighted by Crippen LogP contribution is 2.59. The summed E-state index contributed by atoms with van der Waals surface area (Å²) in [7, 11) is 0. The molecule has 18 heteroatoms. The fourth-order valence-corrected chi connectivity index (χ4v) is 8.57. The van der Waals surface area contributed by atoms with E-state index in [9.17, 15) is 46.1 Å². The Morgan fingerprint density at radius 1 is 0.556 bits per heavy atom. The summed E-state index contributed by atoms with van der Waals surface area (Å²) in [4.78, 5) is 21.0. The monoisotopic (exact) mass is 1040 g/mol. The van der Waals surface area contributed by atoms with Crippen molar-refractivity contribution < 1.29 is 65.8 Å². The molecular weight excluding hydrogens is 989 g/mol. The molecule has 0 amide bonds. The Morgan fingerprint density at radius 2 is 0.875 bits per heavy atom. The molecule has 0 saturated heterocycles. The molecule has 0 saturated carbocycles. The maximum atomic E-state index is 13.8. The smallest absolute Gasteiger partial charge is 0.425 e. The van der Waals surface area contributed by atoms with Gasteiger partial charge in [0.2, 0.25) is 11.2 Å². The van der Waals surface area contributed by atoms with Gasteiger partial charge in [0, 0.05) is 58.3 Å². The fraction of sp³-hybridized carbons (Fsp3) is 0.296. The van der Waals surface area contributed by atoms with Gasteiger partial charge in [-0.25, -0.2) is 0 Å². The summed E-state index contributed by atoms with van der Waals surface area (Å²) >= 11 is 12.4. The highest BCUT2D eigenvalue weighted by Gasteiger charge is 2.62. The third-order valence-electron chi connectivity index (χ3n) is 11.7. The number of nitrogens with two attached hydrogens (primary N) is 2. The molecule has 8 N–H and O–H groups in total. The van der Waals surface area contributed by atoms with Crippen molar-refractivity contribution in [1.29, 1.82) is 0 Å². The van der Waals surface area contributed by atoms with Gasteiger partial charge in [0.1, 0.15) is 11.5 Å². The topological polar surface area (TPSA) is 186 Å². The average molecular weight is 1040 g/mol. The van der Waals surface area contributed by atoms with Gasteiger partial charge in [-0.15, -0.1) is 0 Å². The zero-order valence-corrected chi connectivity index (χ0v) is 41.1. The number of hydrogen-bond donors (Lipinski definition) is 6. The maximum Gasteiger partial charge on any atom is 0.425 e. The normalized spacial score (nSPS) is 16.9. The summed E-state index contributed by atoms with van der Waals surface area (Å²) in [6, 6.07) is 33.2. The first-order valence-corrected chi connectivity index (χ1v) is 23.3. The van der Waals surface area contributed by atoms with E-state index in [1.54, 1.807) is 12.1 Å². The van der Waals surface area contributed by atoms with E-state index in [1.165, 1.54) is 70.8 Å². The fourth-order valence-electron chi connectivity index (χ4n) is 7.95. The van der Waals surface area contributed by atoms with Crippen LogP contribution in [0.4, 0.5) is 26.3 Å². The van der Waals surface area contributed by atoms with E-state index in [-0.39, 0.29) is 106 Å². The zero-order valence-electron chi connectivity index (χ0n) is 39.5. The molecule has 0 heterocycles. The molecule has 0 unspecified atom stereocenters. The minimum atomic E-state index is -4.96. The Morgan fingerprint density at radius 3 is 1.17 bits per heavy atom. The van der Waals surface area contributed by atoms with Crippen LogP contribution in [0.3, 0.4) is 0 Å². The van der Waals surface area contributed by atoms with Gasteiger partial charge in [0.05, 0.1) is 23.3 Å². The summed E-state index contributed by atoms with van der Waals surface area (Å²) in [5.74, 6) is -1.92. The molecule has 384 valence electrons. The number of hydrogen-bond acceptors (Lipinski definition) is 8. The van der Waals surface area contributed by atoms with Crippen LogP contribution >= 0.6 is 23.2 Å². The molecule has 2 aliphatic rings. The lowest BCUT2D eigenvalue weighted by Crippen LogP contribution is -2.41. The first kappa shape index (κ1) is 56.8. The van der Waals surface area contributed by atoms with Gasteiger partial charge in [0.15, 0.2) is 0 Å². The molecule has 72 heavy (non-hydrogen) atoms. The van der Waals surface area contributed by atoms with Crippen molar-refractivity contribution in [3.05, 3.63) is 176 Å². The molecule has 6 aromatic carbocycles. The SMILES string of the molecule is Cc1ccc([C@H](C)N)cc1.Cc1ccc([C@H](C)N)cc1.O=C(O)CCCOc1cc(Cl)c2c(c1)[C@@](O)(C(F)(F)F)c1ccccc1-2.O=C(O)CCCOc1cc(Cl)c2c(c1)[C@@](O)(C(F)(F)F)c1ccccc1-2. The summed E-state index contributed by atoms with van der Waals surface area (Å²) in [6.07, 6.45) is -9.80. The van der Waals surface area contributed by atoms with E-state index in [2.05, 4.69) is 62.4 Å². The Bertz CT molecular complexity index is 2650. The van der Waals surface area contributed by atoms with Crippen molar-refractivity contribution in [3.63, 3.8) is 0 Å². The third-order valence-corrected chi connectivity index (χ3v) is 12.3. The largest absolute Gasteiger partial charge is 0.494 e. The van der Waals surface area contributed by atoms with Crippen LogP contribution in [-0.2, 0) is 20.8 Å². The van der Waals surface area contributed by atoms with E-state index in [1.807, 2.05) is 13.8 Å². The van der Waals surface area contributed by atoms with Crippen LogP contribution in [0, 0.1) is 13.8 Å². The van der Waals surface area contributed by atoms with Crippen molar-refractivity contribution in [2.75, 3.05) is 13.2 Å². The molecule has 0 aromatic heterocycles. The van der Waals surface area contributed by atoms with Gasteiger partial charge < -0.3 is 41.4 Å². The van der Waals surface area contributed by atoms with Crippen LogP contribution in [0.15, 0.2) is 121 Å². The number of aliphatic carboxylic acids is 2. The molecule has 8 rings (SSSR count). The molecule has 0 bridgehead atoms. The second-order valence-corrected chi connectivity index (χ2v) is 18.1. The summed E-state index contributed by atoms with van der Waals surface area (Å²) < 4.78 is 93.3. The average Bonchev–Trinajstić information content (AvgIpc) is 3.74. The predicted molar refractivity (Wildman–Crippen MR) is 264 cm³/mol. The van der Waals surface area contributed by atoms with Gasteiger partial charge in [-0.2, -0.15) is 26.3 Å². The van der Waals surface area contributed by atoms with Gasteiger partial charge in [-0.3, -0.25) is 9.59 Å². The van der Waals surface area contributed by atoms with Crippen LogP contribution in [0.5, 0.6) is 11.5 Å². The zero-order chi connectivity index (χ0) is 53.3. The van der Waals surface area contributed by atoms with E-state index < -0.39 is 46.6 Å². The number of halogens is 8. The molecule has 0 spiro atoms. The number of alkyl halides is 6. The van der Waals surface area contributed by atoms with Gasteiger partial charge in [0.25, 0.3) is 0 Å². The second-order valence-electron chi connectivity index (χ2n) is 17.3. The van der Waals surface area contributed by atoms with Crippen LogP contribution in [0.1, 0.15) is 96.1 Å². The predicted octanol–water partition coefficient (Wildman–Crippen LogP) is 12.8. The number of fused-ring (bicyclic) bond motifs is 6. The summed E-state index contributed by atoms with van der Waals surface area (Å²) in [6.45, 7) is 8.13. The van der Waals surface area contributed by atoms with E-state index in [0.29, 0.717) is 0 Å². The lowest BCUT2D eigenvalue weighted by Gasteiger charge is -2.28. The van der Waals surface area contributed by atoms with E-state index in [0.717, 1.165) is 12.1 Å². The van der Waals surface area contributed by atoms with Gasteiger partial charge in [-0.05, 0) is 87.1 Å². The van der Waals surface area contributed by atoms with Crippen molar-refractivity contribution in [2.45, 2.75) is 89.0 Å². The van der Waals surface area contributed by atoms with E-state index in [4.69, 9.17) is 54.4 Å². The van der Waals surface area contributed by atoms with Crippen LogP contribution < -0.4 is 20.9 Å². The van der Waals surface area contributed by atoms with Crippen molar-refractivity contribution in [1.82, 2.24) is 0 Å². The lowest BCUT2D eigenvalue weighted by atomic mass is 9.90. The standard InChI is InChI=1S/2C18H14ClF3O4.2C9H13N/c2*19-14-9-10(26-7-3-6-15(23)24)8-13-16(14)11-4-1-2-5-12(11)17(13,25)18(20,21)22;2*1-7-3-5-9(6-4-7)8(2)10/h2*1-2,4-5,8-9,25H,3,6-7H2,(H,23,24);2*3-6,8H,10H2,1-2H3/t2*17-;2*8-/m1100/s1. The minimum absolute atomic E-state index is 0.00118. The Balaban J connectivity index is 0.000000195. The van der Waals surface area contributed by atoms with Crippen molar-refractivity contribution in [2.24, 2.45) is 11.5 Å². The van der Waals surface area contributed by atoms with Crippen molar-refractivity contribution in [3.8, 4) is 33.8 Å². The number of ether oxygens (including phenoxy) is 2. The lowest BCUT2D eigenvalue weighted by molar-refractivity contribution is -0.247. The molecule has 4 atom stereocenters. The van der Waals surface area contributed by atoms with Crippen LogP contribution in [0.2, 0.25) is 10.0 Å². The molecule has 6 aromatic rings. The van der Waals surface area contributed by atoms with Crippen LogP contribution in [0.25, 0.3) is 22.3 Å². The molecule has 10 nitrogen and oxygen atoms in total. The first-order chi connectivity index (χ1) is 33.7. The highest BCUT2D eigenvalue weighted by atomic mass is 35.5. The number of aliphatic hydroxyl groups is 2. The van der Waals surface area contributed by atoms with Crippen LogP contribution in [-0.4, -0.2) is 57.9 Å². The molecule has 0 fully saturated rings. The number of benzene rings is 6. The maximum absolute atomic E-state index is 13.8. The second kappa shape index (κ2) is 23.6. The quantitative estimate of drug-likeness (QED) is 0.0509. The minimum Gasteiger partial charge on any atom is -0.494 e. The molecule has 0 aliphatic heterocycles. The molecule has 2 aliphatic carbocycles. The third kappa shape index (κ3) is 12.9. The van der Waals surface area contributed by atoms with Gasteiger partial charge >= 0.3 is 24.3 Å². The number of carboxylic acids is 2. The number of aryl methyl sites for hydroxylation is 2. The Hall–Kier alpha value is -6.14. The molecular formula is C54H54Cl2F6N2O8. The first-order valence-electron chi connectivity index (χ1n) is 22.5. The van der Waals surface area contributed by atoms with E-state index >= 15 is 0 Å². The van der Waals surface area contributed by atoms with Crippen molar-refractivity contribution >= 4 is 35.1 Å².